The lowest BCUT2D eigenvalue weighted by Crippen LogP contribution is -2.50. The molecule has 1 fully saturated rings. The highest BCUT2D eigenvalue weighted by molar-refractivity contribution is 5.95. The Bertz CT molecular complexity index is 602. The lowest BCUT2D eigenvalue weighted by molar-refractivity contribution is -0.121. The second-order valence-corrected chi connectivity index (χ2v) is 7.12. The predicted molar refractivity (Wildman–Crippen MR) is 93.5 cm³/mol. The molecule has 24 heavy (non-hydrogen) atoms. The fourth-order valence-corrected chi connectivity index (χ4v) is 3.79. The Morgan fingerprint density at radius 1 is 1.17 bits per heavy atom. The molecule has 1 saturated carbocycles. The molecule has 0 aromatic heterocycles. The molecule has 130 valence electrons. The van der Waals surface area contributed by atoms with Crippen LogP contribution in [-0.2, 0) is 17.8 Å². The molecule has 5 nitrogen and oxygen atoms in total. The molecule has 2 atom stereocenters. The average Bonchev–Trinajstić information content (AvgIpc) is 2.56. The van der Waals surface area contributed by atoms with Crippen LogP contribution in [0, 0.1) is 5.92 Å². The van der Waals surface area contributed by atoms with E-state index >= 15 is 0 Å². The van der Waals surface area contributed by atoms with E-state index in [4.69, 9.17) is 0 Å². The smallest absolute Gasteiger partial charge is 0.321 e. The van der Waals surface area contributed by atoms with Gasteiger partial charge in [0.15, 0.2) is 0 Å². The average molecular weight is 329 g/mol. The largest absolute Gasteiger partial charge is 0.335 e. The van der Waals surface area contributed by atoms with Gasteiger partial charge in [-0.1, -0.05) is 44.0 Å². The fraction of sp³-hybridized carbons (Fsp3) is 0.579. The summed E-state index contributed by atoms with van der Waals surface area (Å²) in [5.74, 6) is 0.258. The van der Waals surface area contributed by atoms with Crippen molar-refractivity contribution in [2.24, 2.45) is 5.92 Å². The summed E-state index contributed by atoms with van der Waals surface area (Å²) in [6.07, 6.45) is 5.49. The minimum Gasteiger partial charge on any atom is -0.335 e. The van der Waals surface area contributed by atoms with Crippen LogP contribution >= 0.6 is 0 Å². The van der Waals surface area contributed by atoms with Crippen LogP contribution in [0.25, 0.3) is 0 Å². The third kappa shape index (κ3) is 4.35. The van der Waals surface area contributed by atoms with Crippen molar-refractivity contribution in [3.05, 3.63) is 35.4 Å². The number of fused-ring (bicyclic) bond motifs is 1. The number of hydrogen-bond acceptors (Lipinski definition) is 3. The number of carbonyl (C=O) groups excluding carboxylic acids is 2. The number of imide groups is 1. The van der Waals surface area contributed by atoms with Gasteiger partial charge in [-0.3, -0.25) is 15.0 Å². The Morgan fingerprint density at radius 3 is 2.71 bits per heavy atom. The van der Waals surface area contributed by atoms with Gasteiger partial charge in [0.1, 0.15) is 0 Å². The van der Waals surface area contributed by atoms with Gasteiger partial charge in [-0.05, 0) is 36.3 Å². The molecule has 5 heteroatoms. The molecule has 0 bridgehead atoms. The number of amides is 3. The van der Waals surface area contributed by atoms with Gasteiger partial charge in [0.05, 0.1) is 6.54 Å². The van der Waals surface area contributed by atoms with E-state index in [2.05, 4.69) is 40.7 Å². The van der Waals surface area contributed by atoms with Gasteiger partial charge in [0.2, 0.25) is 5.91 Å². The maximum absolute atomic E-state index is 12.1. The standard InChI is InChI=1S/C19H27N3O2/c1-14-6-2-5-9-17(14)20-19(24)21-18(23)13-22-11-10-15-7-3-4-8-16(15)12-22/h3-4,7-8,14,17H,2,5-6,9-13H2,1H3,(H2,20,21,23,24). The third-order valence-electron chi connectivity index (χ3n) is 5.26. The maximum Gasteiger partial charge on any atom is 0.321 e. The summed E-state index contributed by atoms with van der Waals surface area (Å²) in [4.78, 5) is 26.3. The lowest BCUT2D eigenvalue weighted by atomic mass is 9.86. The molecule has 3 amide bonds. The number of nitrogens with one attached hydrogen (secondary N) is 2. The van der Waals surface area contributed by atoms with Gasteiger partial charge in [0.25, 0.3) is 0 Å². The van der Waals surface area contributed by atoms with E-state index in [9.17, 15) is 9.59 Å². The Labute approximate surface area is 143 Å². The quantitative estimate of drug-likeness (QED) is 0.895. The van der Waals surface area contributed by atoms with Gasteiger partial charge >= 0.3 is 6.03 Å². The number of urea groups is 1. The van der Waals surface area contributed by atoms with Crippen LogP contribution in [0.3, 0.4) is 0 Å². The normalized spacial score (nSPS) is 24.0. The Kier molecular flexibility index (Phi) is 5.51. The highest BCUT2D eigenvalue weighted by Crippen LogP contribution is 2.23. The Morgan fingerprint density at radius 2 is 1.92 bits per heavy atom. The molecular formula is C19H27N3O2. The molecule has 2 N–H and O–H groups in total. The summed E-state index contributed by atoms with van der Waals surface area (Å²) in [6, 6.07) is 8.17. The van der Waals surface area contributed by atoms with Crippen molar-refractivity contribution in [1.29, 1.82) is 0 Å². The van der Waals surface area contributed by atoms with Crippen molar-refractivity contribution >= 4 is 11.9 Å². The molecule has 2 unspecified atom stereocenters. The zero-order chi connectivity index (χ0) is 16.9. The first-order valence-electron chi connectivity index (χ1n) is 9.01. The van der Waals surface area contributed by atoms with E-state index in [-0.39, 0.29) is 24.5 Å². The molecule has 3 rings (SSSR count). The summed E-state index contributed by atoms with van der Waals surface area (Å²) < 4.78 is 0. The van der Waals surface area contributed by atoms with Gasteiger partial charge < -0.3 is 5.32 Å². The van der Waals surface area contributed by atoms with Crippen LogP contribution in [0.15, 0.2) is 24.3 Å². The molecule has 1 heterocycles. The highest BCUT2D eigenvalue weighted by atomic mass is 16.2. The number of benzene rings is 1. The molecule has 0 radical (unpaired) electrons. The topological polar surface area (TPSA) is 61.4 Å². The van der Waals surface area contributed by atoms with Crippen molar-refractivity contribution < 1.29 is 9.59 Å². The van der Waals surface area contributed by atoms with E-state index < -0.39 is 0 Å². The number of nitrogens with zero attached hydrogens (tertiary/aromatic N) is 1. The van der Waals surface area contributed by atoms with Gasteiger partial charge in [-0.2, -0.15) is 0 Å². The molecule has 1 aliphatic heterocycles. The van der Waals surface area contributed by atoms with Crippen molar-refractivity contribution in [3.63, 3.8) is 0 Å². The van der Waals surface area contributed by atoms with Crippen LogP contribution in [-0.4, -0.2) is 36.0 Å². The van der Waals surface area contributed by atoms with Crippen molar-refractivity contribution in [3.8, 4) is 0 Å². The SMILES string of the molecule is CC1CCCCC1NC(=O)NC(=O)CN1CCc2ccccc2C1. The van der Waals surface area contributed by atoms with Gasteiger partial charge in [0, 0.05) is 19.1 Å². The predicted octanol–water partition coefficient (Wildman–Crippen LogP) is 2.45. The molecule has 2 aliphatic rings. The summed E-state index contributed by atoms with van der Waals surface area (Å²) in [6.45, 7) is 4.05. The summed E-state index contributed by atoms with van der Waals surface area (Å²) in [5.41, 5.74) is 2.63. The van der Waals surface area contributed by atoms with Crippen molar-refractivity contribution in [1.82, 2.24) is 15.5 Å². The van der Waals surface area contributed by atoms with Crippen LogP contribution in [0.1, 0.15) is 43.7 Å². The van der Waals surface area contributed by atoms with E-state index in [0.717, 1.165) is 38.8 Å². The molecule has 1 aromatic rings. The molecule has 1 aromatic carbocycles. The molecular weight excluding hydrogens is 302 g/mol. The first-order valence-corrected chi connectivity index (χ1v) is 9.01. The van der Waals surface area contributed by atoms with Crippen LogP contribution in [0.2, 0.25) is 0 Å². The van der Waals surface area contributed by atoms with Crippen molar-refractivity contribution in [2.45, 2.75) is 51.6 Å². The van der Waals surface area contributed by atoms with Crippen LogP contribution < -0.4 is 10.6 Å². The van der Waals surface area contributed by atoms with Gasteiger partial charge in [-0.15, -0.1) is 0 Å². The van der Waals surface area contributed by atoms with E-state index in [1.807, 2.05) is 6.07 Å². The highest BCUT2D eigenvalue weighted by Gasteiger charge is 2.24. The minimum absolute atomic E-state index is 0.188. The monoisotopic (exact) mass is 329 g/mol. The summed E-state index contributed by atoms with van der Waals surface area (Å²) >= 11 is 0. The molecule has 0 saturated heterocycles. The second kappa shape index (κ2) is 7.79. The lowest BCUT2D eigenvalue weighted by Gasteiger charge is -2.30. The van der Waals surface area contributed by atoms with Gasteiger partial charge in [-0.25, -0.2) is 4.79 Å². The third-order valence-corrected chi connectivity index (χ3v) is 5.26. The summed E-state index contributed by atoms with van der Waals surface area (Å²) in [5, 5.41) is 5.45. The number of hydrogen-bond donors (Lipinski definition) is 2. The van der Waals surface area contributed by atoms with Crippen LogP contribution in [0.4, 0.5) is 4.79 Å². The summed E-state index contributed by atoms with van der Waals surface area (Å²) in [7, 11) is 0. The zero-order valence-electron chi connectivity index (χ0n) is 14.4. The zero-order valence-corrected chi connectivity index (χ0v) is 14.4. The number of carbonyl (C=O) groups is 2. The Hall–Kier alpha value is -1.88. The first kappa shape index (κ1) is 17.0. The van der Waals surface area contributed by atoms with E-state index in [0.29, 0.717) is 5.92 Å². The second-order valence-electron chi connectivity index (χ2n) is 7.12. The molecule has 0 spiro atoms. The maximum atomic E-state index is 12.1. The van der Waals surface area contributed by atoms with Crippen molar-refractivity contribution in [2.75, 3.05) is 13.1 Å². The first-order chi connectivity index (χ1) is 11.6. The minimum atomic E-state index is -0.351. The fourth-order valence-electron chi connectivity index (χ4n) is 3.79. The Balaban J connectivity index is 1.45. The number of rotatable bonds is 3. The van der Waals surface area contributed by atoms with E-state index in [1.54, 1.807) is 0 Å². The van der Waals surface area contributed by atoms with E-state index in [1.165, 1.54) is 17.5 Å². The van der Waals surface area contributed by atoms with Crippen LogP contribution in [0.5, 0.6) is 0 Å². The molecule has 1 aliphatic carbocycles.